The number of carbonyl (C=O) groups excluding carboxylic acids is 1. The first-order valence-electron chi connectivity index (χ1n) is 10.2. The van der Waals surface area contributed by atoms with Crippen molar-refractivity contribution in [2.24, 2.45) is 0 Å². The lowest BCUT2D eigenvalue weighted by Crippen LogP contribution is -2.53. The molecular formula is C22H29N3O5S. The minimum absolute atomic E-state index is 0.0606. The monoisotopic (exact) mass is 447 g/mol. The summed E-state index contributed by atoms with van der Waals surface area (Å²) < 4.78 is 38.0. The van der Waals surface area contributed by atoms with Crippen molar-refractivity contribution in [2.75, 3.05) is 46.9 Å². The topological polar surface area (TPSA) is 88.2 Å². The van der Waals surface area contributed by atoms with Gasteiger partial charge in [0.2, 0.25) is 10.0 Å². The molecule has 2 amide bonds. The predicted octanol–water partition coefficient (Wildman–Crippen LogP) is 2.27. The van der Waals surface area contributed by atoms with Crippen LogP contribution in [-0.2, 0) is 16.4 Å². The van der Waals surface area contributed by atoms with E-state index in [4.69, 9.17) is 9.47 Å². The molecule has 1 heterocycles. The summed E-state index contributed by atoms with van der Waals surface area (Å²) >= 11 is 0. The van der Waals surface area contributed by atoms with E-state index in [1.807, 2.05) is 25.1 Å². The zero-order valence-corrected chi connectivity index (χ0v) is 18.9. The minimum Gasteiger partial charge on any atom is -0.497 e. The molecule has 168 valence electrons. The average Bonchev–Trinajstić information content (AvgIpc) is 2.78. The van der Waals surface area contributed by atoms with Crippen LogP contribution >= 0.6 is 0 Å². The Morgan fingerprint density at radius 2 is 1.77 bits per heavy atom. The van der Waals surface area contributed by atoms with Crippen LogP contribution in [0.4, 0.5) is 4.79 Å². The van der Waals surface area contributed by atoms with Crippen LogP contribution in [0.25, 0.3) is 0 Å². The number of nitrogens with one attached hydrogen (secondary N) is 1. The summed E-state index contributed by atoms with van der Waals surface area (Å²) in [5.41, 5.74) is 2.36. The average molecular weight is 448 g/mol. The molecule has 1 aliphatic rings. The molecule has 1 saturated heterocycles. The standard InChI is InChI=1S/C22H29N3O5S/c1-17-5-4-6-18(15-17)9-10-23-22(26)24-11-13-25(14-12-24)31(27,28)21-16-19(29-2)7-8-20(21)30-3/h4-8,15-16H,9-14H2,1-3H3,(H,23,26). The Morgan fingerprint density at radius 1 is 1.03 bits per heavy atom. The maximum absolute atomic E-state index is 13.1. The van der Waals surface area contributed by atoms with Gasteiger partial charge in [-0.1, -0.05) is 29.8 Å². The van der Waals surface area contributed by atoms with Crippen LogP contribution in [0.5, 0.6) is 11.5 Å². The molecule has 3 rings (SSSR count). The second-order valence-electron chi connectivity index (χ2n) is 7.38. The Balaban J connectivity index is 1.56. The lowest BCUT2D eigenvalue weighted by atomic mass is 10.1. The first-order valence-corrected chi connectivity index (χ1v) is 11.6. The van der Waals surface area contributed by atoms with Gasteiger partial charge in [0, 0.05) is 38.8 Å². The molecule has 31 heavy (non-hydrogen) atoms. The zero-order valence-electron chi connectivity index (χ0n) is 18.1. The lowest BCUT2D eigenvalue weighted by molar-refractivity contribution is 0.172. The van der Waals surface area contributed by atoms with E-state index in [-0.39, 0.29) is 29.8 Å². The molecule has 9 heteroatoms. The highest BCUT2D eigenvalue weighted by Gasteiger charge is 2.32. The first kappa shape index (κ1) is 22.9. The summed E-state index contributed by atoms with van der Waals surface area (Å²) in [6, 6.07) is 12.7. The Labute approximate surface area is 183 Å². The fourth-order valence-electron chi connectivity index (χ4n) is 3.55. The van der Waals surface area contributed by atoms with Gasteiger partial charge in [0.15, 0.2) is 0 Å². The van der Waals surface area contributed by atoms with Gasteiger partial charge in [0.25, 0.3) is 0 Å². The van der Waals surface area contributed by atoms with Crippen LogP contribution in [0.1, 0.15) is 11.1 Å². The maximum Gasteiger partial charge on any atom is 0.317 e. The van der Waals surface area contributed by atoms with E-state index in [1.165, 1.54) is 35.7 Å². The number of sulfonamides is 1. The third-order valence-corrected chi connectivity index (χ3v) is 7.21. The van der Waals surface area contributed by atoms with Crippen LogP contribution in [0.3, 0.4) is 0 Å². The number of amides is 2. The maximum atomic E-state index is 13.1. The van der Waals surface area contributed by atoms with Crippen LogP contribution < -0.4 is 14.8 Å². The number of nitrogens with zero attached hydrogens (tertiary/aromatic N) is 2. The van der Waals surface area contributed by atoms with Gasteiger partial charge in [-0.2, -0.15) is 4.31 Å². The SMILES string of the molecule is COc1ccc(OC)c(S(=O)(=O)N2CCN(C(=O)NCCc3cccc(C)c3)CC2)c1. The zero-order chi connectivity index (χ0) is 22.4. The Bertz CT molecular complexity index is 1020. The molecule has 1 fully saturated rings. The van der Waals surface area contributed by atoms with E-state index in [0.29, 0.717) is 25.4 Å². The number of aryl methyl sites for hydroxylation is 1. The largest absolute Gasteiger partial charge is 0.497 e. The summed E-state index contributed by atoms with van der Waals surface area (Å²) in [7, 11) is -0.862. The number of rotatable bonds is 7. The molecule has 2 aromatic rings. The number of methoxy groups -OCH3 is 2. The Morgan fingerprint density at radius 3 is 2.42 bits per heavy atom. The second kappa shape index (κ2) is 10.0. The van der Waals surface area contributed by atoms with Crippen LogP contribution in [0.15, 0.2) is 47.4 Å². The Kier molecular flexibility index (Phi) is 7.40. The molecule has 8 nitrogen and oxygen atoms in total. The van der Waals surface area contributed by atoms with Gasteiger partial charge in [-0.3, -0.25) is 0 Å². The van der Waals surface area contributed by atoms with Crippen molar-refractivity contribution in [1.82, 2.24) is 14.5 Å². The molecule has 1 N–H and O–H groups in total. The van der Waals surface area contributed by atoms with Gasteiger partial charge in [-0.05, 0) is 31.0 Å². The van der Waals surface area contributed by atoms with Crippen molar-refractivity contribution >= 4 is 16.1 Å². The number of piperazine rings is 1. The molecule has 1 aliphatic heterocycles. The van der Waals surface area contributed by atoms with Crippen molar-refractivity contribution in [2.45, 2.75) is 18.2 Å². The second-order valence-corrected chi connectivity index (χ2v) is 9.29. The number of hydrogen-bond donors (Lipinski definition) is 1. The predicted molar refractivity (Wildman–Crippen MR) is 118 cm³/mol. The molecule has 0 unspecified atom stereocenters. The van der Waals surface area contributed by atoms with Crippen molar-refractivity contribution in [3.8, 4) is 11.5 Å². The highest BCUT2D eigenvalue weighted by atomic mass is 32.2. The van der Waals surface area contributed by atoms with Crippen molar-refractivity contribution in [3.63, 3.8) is 0 Å². The quantitative estimate of drug-likeness (QED) is 0.704. The van der Waals surface area contributed by atoms with Crippen molar-refractivity contribution < 1.29 is 22.7 Å². The molecule has 0 aromatic heterocycles. The molecule has 0 bridgehead atoms. The smallest absolute Gasteiger partial charge is 0.317 e. The number of carbonyl (C=O) groups is 1. The van der Waals surface area contributed by atoms with E-state index < -0.39 is 10.0 Å². The molecule has 0 radical (unpaired) electrons. The molecule has 2 aromatic carbocycles. The molecule has 0 spiro atoms. The summed E-state index contributed by atoms with van der Waals surface area (Å²) in [5, 5.41) is 2.92. The van der Waals surface area contributed by atoms with E-state index in [0.717, 1.165) is 6.42 Å². The highest BCUT2D eigenvalue weighted by Crippen LogP contribution is 2.31. The van der Waals surface area contributed by atoms with Crippen molar-refractivity contribution in [3.05, 3.63) is 53.6 Å². The number of benzene rings is 2. The fraction of sp³-hybridized carbons (Fsp3) is 0.409. The van der Waals surface area contributed by atoms with Gasteiger partial charge in [-0.15, -0.1) is 0 Å². The molecule has 0 aliphatic carbocycles. The van der Waals surface area contributed by atoms with Gasteiger partial charge >= 0.3 is 6.03 Å². The van der Waals surface area contributed by atoms with Crippen LogP contribution in [-0.4, -0.2) is 70.6 Å². The Hall–Kier alpha value is -2.78. The first-order chi connectivity index (χ1) is 14.8. The van der Waals surface area contributed by atoms with E-state index in [1.54, 1.807) is 17.0 Å². The highest BCUT2D eigenvalue weighted by molar-refractivity contribution is 7.89. The molecule has 0 atom stereocenters. The third-order valence-electron chi connectivity index (χ3n) is 5.29. The van der Waals surface area contributed by atoms with E-state index in [9.17, 15) is 13.2 Å². The minimum atomic E-state index is -3.77. The molecular weight excluding hydrogens is 418 g/mol. The molecule has 0 saturated carbocycles. The van der Waals surface area contributed by atoms with Gasteiger partial charge < -0.3 is 19.7 Å². The van der Waals surface area contributed by atoms with E-state index in [2.05, 4.69) is 11.4 Å². The summed E-state index contributed by atoms with van der Waals surface area (Å²) in [6.07, 6.45) is 0.747. The summed E-state index contributed by atoms with van der Waals surface area (Å²) in [5.74, 6) is 0.697. The van der Waals surface area contributed by atoms with Crippen molar-refractivity contribution in [1.29, 1.82) is 0 Å². The van der Waals surface area contributed by atoms with Gasteiger partial charge in [0.05, 0.1) is 14.2 Å². The lowest BCUT2D eigenvalue weighted by Gasteiger charge is -2.34. The summed E-state index contributed by atoms with van der Waals surface area (Å²) in [4.78, 5) is 14.2. The normalized spacial score (nSPS) is 14.9. The van der Waals surface area contributed by atoms with Gasteiger partial charge in [-0.25, -0.2) is 13.2 Å². The number of urea groups is 1. The van der Waals surface area contributed by atoms with E-state index >= 15 is 0 Å². The number of ether oxygens (including phenoxy) is 2. The third kappa shape index (κ3) is 5.48. The van der Waals surface area contributed by atoms with Crippen LogP contribution in [0, 0.1) is 6.92 Å². The van der Waals surface area contributed by atoms with Gasteiger partial charge in [0.1, 0.15) is 16.4 Å². The number of hydrogen-bond acceptors (Lipinski definition) is 5. The van der Waals surface area contributed by atoms with Crippen LogP contribution in [0.2, 0.25) is 0 Å². The fourth-order valence-corrected chi connectivity index (χ4v) is 5.14. The summed E-state index contributed by atoms with van der Waals surface area (Å²) in [6.45, 7) is 3.64.